The fraction of sp³-hybridized carbons (Fsp3) is 0.500. The molecule has 1 rings (SSSR count). The molecule has 22 heavy (non-hydrogen) atoms. The van der Waals surface area contributed by atoms with E-state index in [1.54, 1.807) is 27.7 Å². The molecule has 0 radical (unpaired) electrons. The zero-order valence-electron chi connectivity index (χ0n) is 13.3. The lowest BCUT2D eigenvalue weighted by atomic mass is 9.97. The summed E-state index contributed by atoms with van der Waals surface area (Å²) in [6.45, 7) is 4.14. The molecule has 0 amide bonds. The minimum absolute atomic E-state index is 0.0291. The molecule has 1 atom stereocenters. The second kappa shape index (κ2) is 9.65. The summed E-state index contributed by atoms with van der Waals surface area (Å²) in [6.07, 6.45) is 8.54. The number of hydrogen-bond acceptors (Lipinski definition) is 4. The average Bonchev–Trinajstić information content (AvgIpc) is 2.44. The van der Waals surface area contributed by atoms with Crippen LogP contribution in [0.1, 0.15) is 37.3 Å². The Morgan fingerprint density at radius 1 is 1.36 bits per heavy atom. The first-order valence-corrected chi connectivity index (χ1v) is 11.3. The summed E-state index contributed by atoms with van der Waals surface area (Å²) in [6, 6.07) is 4.82. The Labute approximate surface area is 142 Å². The Hall–Kier alpha value is -0.430. The first-order chi connectivity index (χ1) is 10.3. The molecule has 0 bridgehead atoms. The van der Waals surface area contributed by atoms with Crippen LogP contribution < -0.4 is 0 Å². The fourth-order valence-corrected chi connectivity index (χ4v) is 3.69. The van der Waals surface area contributed by atoms with Crippen LogP contribution >= 0.6 is 21.6 Å². The summed E-state index contributed by atoms with van der Waals surface area (Å²) < 4.78 is 31.2. The van der Waals surface area contributed by atoms with Crippen molar-refractivity contribution in [3.63, 3.8) is 0 Å². The summed E-state index contributed by atoms with van der Waals surface area (Å²) in [7, 11) is -0.618. The molecule has 1 aromatic carbocycles. The van der Waals surface area contributed by atoms with E-state index in [9.17, 15) is 8.42 Å². The lowest BCUT2D eigenvalue weighted by molar-refractivity contribution is 0.483. The highest BCUT2D eigenvalue weighted by atomic mass is 33.1. The first-order valence-electron chi connectivity index (χ1n) is 7.26. The quantitative estimate of drug-likeness (QED) is 0.489. The second-order valence-electron chi connectivity index (χ2n) is 5.43. The van der Waals surface area contributed by atoms with Crippen molar-refractivity contribution in [2.24, 2.45) is 5.92 Å². The van der Waals surface area contributed by atoms with Crippen molar-refractivity contribution < 1.29 is 13.0 Å². The SMILES string of the molecule is CSSC=CCC(C)CCCc1ccc(S(=O)(=O)O)cc1C. The fourth-order valence-electron chi connectivity index (χ4n) is 2.25. The highest BCUT2D eigenvalue weighted by molar-refractivity contribution is 8.77. The molecule has 1 aromatic rings. The van der Waals surface area contributed by atoms with Crippen molar-refractivity contribution in [1.29, 1.82) is 0 Å². The van der Waals surface area contributed by atoms with Crippen LogP contribution in [0.25, 0.3) is 0 Å². The highest BCUT2D eigenvalue weighted by Gasteiger charge is 2.11. The van der Waals surface area contributed by atoms with Crippen LogP contribution in [0.2, 0.25) is 0 Å². The monoisotopic (exact) mass is 360 g/mol. The largest absolute Gasteiger partial charge is 0.294 e. The van der Waals surface area contributed by atoms with Gasteiger partial charge >= 0.3 is 0 Å². The molecule has 0 aliphatic rings. The third-order valence-corrected chi connectivity index (χ3v) is 5.80. The lowest BCUT2D eigenvalue weighted by Crippen LogP contribution is -2.01. The van der Waals surface area contributed by atoms with E-state index in [4.69, 9.17) is 4.55 Å². The van der Waals surface area contributed by atoms with Gasteiger partial charge in [-0.05, 0) is 67.0 Å². The summed E-state index contributed by atoms with van der Waals surface area (Å²) in [5.41, 5.74) is 2.06. The van der Waals surface area contributed by atoms with Gasteiger partial charge in [0, 0.05) is 0 Å². The molecule has 1 unspecified atom stereocenters. The molecule has 0 aliphatic heterocycles. The van der Waals surface area contributed by atoms with Crippen LogP contribution in [-0.4, -0.2) is 19.2 Å². The van der Waals surface area contributed by atoms with E-state index >= 15 is 0 Å². The van der Waals surface area contributed by atoms with E-state index in [1.807, 2.05) is 6.92 Å². The van der Waals surface area contributed by atoms with Gasteiger partial charge in [0.1, 0.15) is 0 Å². The molecular weight excluding hydrogens is 336 g/mol. The molecule has 3 nitrogen and oxygen atoms in total. The Balaban J connectivity index is 2.45. The molecule has 0 aliphatic carbocycles. The minimum Gasteiger partial charge on any atom is -0.282 e. The molecule has 0 fully saturated rings. The van der Waals surface area contributed by atoms with E-state index in [0.717, 1.165) is 36.8 Å². The average molecular weight is 361 g/mol. The summed E-state index contributed by atoms with van der Waals surface area (Å²) in [5.74, 6) is 0.649. The zero-order chi connectivity index (χ0) is 16.6. The van der Waals surface area contributed by atoms with Crippen LogP contribution in [0, 0.1) is 12.8 Å². The van der Waals surface area contributed by atoms with Gasteiger partial charge in [-0.25, -0.2) is 0 Å². The van der Waals surface area contributed by atoms with Crippen LogP contribution in [0.5, 0.6) is 0 Å². The summed E-state index contributed by atoms with van der Waals surface area (Å²) in [5, 5.41) is 2.14. The van der Waals surface area contributed by atoms with Crippen LogP contribution in [-0.2, 0) is 16.5 Å². The molecule has 0 aromatic heterocycles. The normalized spacial score (nSPS) is 13.6. The van der Waals surface area contributed by atoms with Crippen LogP contribution in [0.15, 0.2) is 34.6 Å². The topological polar surface area (TPSA) is 54.4 Å². The van der Waals surface area contributed by atoms with Gasteiger partial charge in [-0.1, -0.05) is 47.1 Å². The van der Waals surface area contributed by atoms with Gasteiger partial charge in [0.2, 0.25) is 0 Å². The molecule has 124 valence electrons. The molecule has 0 saturated heterocycles. The van der Waals surface area contributed by atoms with E-state index in [1.165, 1.54) is 12.1 Å². The summed E-state index contributed by atoms with van der Waals surface area (Å²) in [4.78, 5) is -0.0291. The minimum atomic E-state index is -4.10. The molecule has 0 heterocycles. The van der Waals surface area contributed by atoms with Crippen molar-refractivity contribution in [3.8, 4) is 0 Å². The highest BCUT2D eigenvalue weighted by Crippen LogP contribution is 2.21. The van der Waals surface area contributed by atoms with Gasteiger partial charge < -0.3 is 0 Å². The van der Waals surface area contributed by atoms with Gasteiger partial charge in [0.15, 0.2) is 0 Å². The van der Waals surface area contributed by atoms with Crippen molar-refractivity contribution in [2.75, 3.05) is 6.26 Å². The Morgan fingerprint density at radius 2 is 2.09 bits per heavy atom. The number of rotatable bonds is 9. The maximum absolute atomic E-state index is 11.1. The van der Waals surface area contributed by atoms with Crippen molar-refractivity contribution in [1.82, 2.24) is 0 Å². The van der Waals surface area contributed by atoms with Gasteiger partial charge in [0.05, 0.1) is 4.90 Å². The van der Waals surface area contributed by atoms with Gasteiger partial charge in [-0.15, -0.1) is 0 Å². The molecular formula is C16H24O3S3. The molecule has 1 N–H and O–H groups in total. The number of aryl methyl sites for hydroxylation is 2. The van der Waals surface area contributed by atoms with Crippen molar-refractivity contribution in [2.45, 2.75) is 44.4 Å². The van der Waals surface area contributed by atoms with Crippen LogP contribution in [0.3, 0.4) is 0 Å². The van der Waals surface area contributed by atoms with E-state index in [0.29, 0.717) is 5.92 Å². The maximum atomic E-state index is 11.1. The smallest absolute Gasteiger partial charge is 0.282 e. The van der Waals surface area contributed by atoms with E-state index in [-0.39, 0.29) is 4.90 Å². The Kier molecular flexibility index (Phi) is 8.61. The van der Waals surface area contributed by atoms with Crippen molar-refractivity contribution >= 4 is 31.7 Å². The zero-order valence-corrected chi connectivity index (χ0v) is 15.7. The van der Waals surface area contributed by atoms with Gasteiger partial charge in [0.25, 0.3) is 10.1 Å². The van der Waals surface area contributed by atoms with E-state index < -0.39 is 10.1 Å². The first kappa shape index (κ1) is 19.6. The number of benzene rings is 1. The number of allylic oxidation sites excluding steroid dienone is 1. The predicted octanol–water partition coefficient (Wildman–Crippen LogP) is 5.12. The number of hydrogen-bond donors (Lipinski definition) is 1. The molecule has 0 saturated carbocycles. The Morgan fingerprint density at radius 3 is 2.68 bits per heavy atom. The van der Waals surface area contributed by atoms with Crippen molar-refractivity contribution in [3.05, 3.63) is 40.8 Å². The molecule has 6 heteroatoms. The lowest BCUT2D eigenvalue weighted by Gasteiger charge is -2.10. The summed E-state index contributed by atoms with van der Waals surface area (Å²) >= 11 is 0. The van der Waals surface area contributed by atoms with E-state index in [2.05, 4.69) is 24.7 Å². The standard InChI is InChI=1S/C16H24O3S3/c1-13(7-5-11-21-20-3)6-4-8-15-9-10-16(12-14(15)2)22(17,18)19/h5,9-13H,4,6-8H2,1-3H3,(H,17,18,19). The predicted molar refractivity (Wildman–Crippen MR) is 98.0 cm³/mol. The van der Waals surface area contributed by atoms with Gasteiger partial charge in [-0.2, -0.15) is 8.42 Å². The van der Waals surface area contributed by atoms with Crippen LogP contribution in [0.4, 0.5) is 0 Å². The molecule has 0 spiro atoms. The maximum Gasteiger partial charge on any atom is 0.294 e. The Bertz CT molecular complexity index is 595. The van der Waals surface area contributed by atoms with Gasteiger partial charge in [-0.3, -0.25) is 4.55 Å². The second-order valence-corrected chi connectivity index (χ2v) is 9.23. The third kappa shape index (κ3) is 7.22. The third-order valence-electron chi connectivity index (χ3n) is 3.54.